The van der Waals surface area contributed by atoms with Crippen LogP contribution in [0.15, 0.2) is 82.6 Å². The van der Waals surface area contributed by atoms with Gasteiger partial charge in [-0.2, -0.15) is 13.2 Å². The molecule has 3 aromatic carbocycles. The van der Waals surface area contributed by atoms with E-state index in [1.165, 1.54) is 42.1 Å². The van der Waals surface area contributed by atoms with E-state index in [4.69, 9.17) is 0 Å². The van der Waals surface area contributed by atoms with Crippen molar-refractivity contribution in [2.24, 2.45) is 0 Å². The molecule has 0 fully saturated rings. The highest BCUT2D eigenvalue weighted by molar-refractivity contribution is 7.99. The molecule has 0 aliphatic carbocycles. The molecule has 0 radical (unpaired) electrons. The minimum atomic E-state index is -4.58. The molecular weight excluding hydrogens is 419 g/mol. The molecule has 0 aliphatic rings. The van der Waals surface area contributed by atoms with Crippen LogP contribution in [0.5, 0.6) is 0 Å². The van der Waals surface area contributed by atoms with Crippen molar-refractivity contribution in [1.82, 2.24) is 0 Å². The van der Waals surface area contributed by atoms with E-state index in [0.717, 1.165) is 15.9 Å². The van der Waals surface area contributed by atoms with Crippen LogP contribution < -0.4 is 10.6 Å². The summed E-state index contributed by atoms with van der Waals surface area (Å²) >= 11 is 1.37. The molecule has 0 unspecified atom stereocenters. The molecule has 2 amide bonds. The van der Waals surface area contributed by atoms with Crippen LogP contribution in [0.1, 0.15) is 5.56 Å². The number of urea groups is 1. The van der Waals surface area contributed by atoms with Crippen LogP contribution >= 0.6 is 11.8 Å². The van der Waals surface area contributed by atoms with Crippen molar-refractivity contribution in [3.05, 3.63) is 88.5 Å². The van der Waals surface area contributed by atoms with E-state index in [2.05, 4.69) is 10.6 Å². The lowest BCUT2D eigenvalue weighted by molar-refractivity contribution is -0.384. The molecule has 10 heteroatoms. The van der Waals surface area contributed by atoms with Gasteiger partial charge in [0, 0.05) is 27.6 Å². The Morgan fingerprint density at radius 2 is 1.43 bits per heavy atom. The number of halogens is 3. The number of hydrogen-bond acceptors (Lipinski definition) is 4. The van der Waals surface area contributed by atoms with Gasteiger partial charge in [-0.15, -0.1) is 0 Å². The van der Waals surface area contributed by atoms with Crippen LogP contribution in [0.3, 0.4) is 0 Å². The van der Waals surface area contributed by atoms with Crippen LogP contribution in [0, 0.1) is 10.1 Å². The highest BCUT2D eigenvalue weighted by atomic mass is 32.2. The highest BCUT2D eigenvalue weighted by Gasteiger charge is 2.33. The molecule has 0 saturated heterocycles. The largest absolute Gasteiger partial charge is 0.418 e. The number of nitro benzene ring substituents is 1. The van der Waals surface area contributed by atoms with Crippen molar-refractivity contribution in [1.29, 1.82) is 0 Å². The van der Waals surface area contributed by atoms with Gasteiger partial charge >= 0.3 is 12.2 Å². The minimum Gasteiger partial charge on any atom is -0.308 e. The van der Waals surface area contributed by atoms with Crippen molar-refractivity contribution < 1.29 is 22.9 Å². The highest BCUT2D eigenvalue weighted by Crippen LogP contribution is 2.34. The van der Waals surface area contributed by atoms with Crippen molar-refractivity contribution in [2.45, 2.75) is 16.0 Å². The molecule has 0 atom stereocenters. The van der Waals surface area contributed by atoms with Crippen LogP contribution in [0.2, 0.25) is 0 Å². The van der Waals surface area contributed by atoms with Gasteiger partial charge in [0.05, 0.1) is 16.2 Å². The zero-order valence-corrected chi connectivity index (χ0v) is 16.0. The van der Waals surface area contributed by atoms with Gasteiger partial charge in [0.15, 0.2) is 0 Å². The van der Waals surface area contributed by atoms with Gasteiger partial charge in [-0.05, 0) is 48.5 Å². The average molecular weight is 433 g/mol. The number of non-ortho nitro benzene ring substituents is 1. The maximum Gasteiger partial charge on any atom is 0.418 e. The number of nitrogens with one attached hydrogen (secondary N) is 2. The van der Waals surface area contributed by atoms with E-state index in [1.807, 2.05) is 0 Å². The fourth-order valence-electron chi connectivity index (χ4n) is 2.50. The summed E-state index contributed by atoms with van der Waals surface area (Å²) in [6.45, 7) is 0. The molecule has 3 aromatic rings. The summed E-state index contributed by atoms with van der Waals surface area (Å²) in [5.41, 5.74) is -0.884. The average Bonchev–Trinajstić information content (AvgIpc) is 2.69. The Bertz CT molecular complexity index is 1060. The molecular formula is C20H14F3N3O3S. The van der Waals surface area contributed by atoms with Crippen LogP contribution in [0.25, 0.3) is 0 Å². The lowest BCUT2D eigenvalue weighted by Crippen LogP contribution is -2.21. The molecule has 0 aromatic heterocycles. The molecule has 0 heterocycles. The van der Waals surface area contributed by atoms with Crippen LogP contribution in [-0.4, -0.2) is 11.0 Å². The first-order chi connectivity index (χ1) is 14.2. The second kappa shape index (κ2) is 8.87. The first-order valence-corrected chi connectivity index (χ1v) is 9.30. The Hall–Kier alpha value is -3.53. The van der Waals surface area contributed by atoms with Gasteiger partial charge in [-0.1, -0.05) is 23.9 Å². The monoisotopic (exact) mass is 433 g/mol. The fourth-order valence-corrected chi connectivity index (χ4v) is 3.32. The minimum absolute atomic E-state index is 0.00277. The summed E-state index contributed by atoms with van der Waals surface area (Å²) in [7, 11) is 0. The Kier molecular flexibility index (Phi) is 6.26. The van der Waals surface area contributed by atoms with Gasteiger partial charge in [-0.3, -0.25) is 10.1 Å². The van der Waals surface area contributed by atoms with Crippen molar-refractivity contribution >= 4 is 34.9 Å². The zero-order valence-electron chi connectivity index (χ0n) is 15.1. The predicted octanol–water partition coefficient (Wildman–Crippen LogP) is 6.41. The molecule has 2 N–H and O–H groups in total. The summed E-state index contributed by atoms with van der Waals surface area (Å²) in [5.74, 6) is 0. The van der Waals surface area contributed by atoms with Gasteiger partial charge in [0.25, 0.3) is 5.69 Å². The van der Waals surface area contributed by atoms with Crippen LogP contribution in [-0.2, 0) is 6.18 Å². The number of carbonyl (C=O) groups is 1. The van der Waals surface area contributed by atoms with Crippen molar-refractivity contribution in [3.8, 4) is 0 Å². The fraction of sp³-hybridized carbons (Fsp3) is 0.0500. The third-order valence-electron chi connectivity index (χ3n) is 3.88. The van der Waals surface area contributed by atoms with Gasteiger partial charge in [0.2, 0.25) is 0 Å². The number of carbonyl (C=O) groups excluding carboxylic acids is 1. The number of benzene rings is 3. The summed E-state index contributed by atoms with van der Waals surface area (Å²) in [6, 6.07) is 16.6. The Balaban J connectivity index is 1.62. The molecule has 30 heavy (non-hydrogen) atoms. The standard InChI is InChI=1S/C20H14F3N3O3S/c21-20(22,23)17-3-1-2-4-18(17)25-19(27)24-13-5-9-15(10-6-13)30-16-11-7-14(8-12-16)26(28)29/h1-12H,(H2,24,25,27). The summed E-state index contributed by atoms with van der Waals surface area (Å²) < 4.78 is 39.0. The second-order valence-corrected chi connectivity index (χ2v) is 7.15. The molecule has 6 nitrogen and oxygen atoms in total. The number of anilines is 2. The number of para-hydroxylation sites is 1. The summed E-state index contributed by atoms with van der Waals surface area (Å²) in [5, 5.41) is 15.4. The second-order valence-electron chi connectivity index (χ2n) is 6.00. The molecule has 0 saturated carbocycles. The molecule has 154 valence electrons. The molecule has 3 rings (SSSR count). The van der Waals surface area contributed by atoms with Gasteiger partial charge in [0.1, 0.15) is 0 Å². The molecule has 0 spiro atoms. The lowest BCUT2D eigenvalue weighted by Gasteiger charge is -2.14. The van der Waals surface area contributed by atoms with E-state index in [0.29, 0.717) is 5.69 Å². The number of amides is 2. The Labute approximate surface area is 173 Å². The van der Waals surface area contributed by atoms with E-state index in [1.54, 1.807) is 36.4 Å². The maximum absolute atomic E-state index is 13.0. The van der Waals surface area contributed by atoms with E-state index < -0.39 is 22.7 Å². The molecule has 0 aliphatic heterocycles. The summed E-state index contributed by atoms with van der Waals surface area (Å²) in [4.78, 5) is 23.9. The normalized spacial score (nSPS) is 11.0. The van der Waals surface area contributed by atoms with Crippen molar-refractivity contribution in [3.63, 3.8) is 0 Å². The number of alkyl halides is 3. The third-order valence-corrected chi connectivity index (χ3v) is 4.89. The predicted molar refractivity (Wildman–Crippen MR) is 108 cm³/mol. The molecule has 0 bridgehead atoms. The summed E-state index contributed by atoms with van der Waals surface area (Å²) in [6.07, 6.45) is -4.58. The number of nitrogens with zero attached hydrogens (tertiary/aromatic N) is 1. The van der Waals surface area contributed by atoms with E-state index in [-0.39, 0.29) is 11.4 Å². The van der Waals surface area contributed by atoms with E-state index in [9.17, 15) is 28.1 Å². The topological polar surface area (TPSA) is 84.3 Å². The maximum atomic E-state index is 13.0. The quantitative estimate of drug-likeness (QED) is 0.360. The first kappa shape index (κ1) is 21.2. The lowest BCUT2D eigenvalue weighted by atomic mass is 10.1. The number of nitro groups is 1. The van der Waals surface area contributed by atoms with Crippen molar-refractivity contribution in [2.75, 3.05) is 10.6 Å². The first-order valence-electron chi connectivity index (χ1n) is 8.49. The SMILES string of the molecule is O=C(Nc1ccc(Sc2ccc([N+](=O)[O-])cc2)cc1)Nc1ccccc1C(F)(F)F. The van der Waals surface area contributed by atoms with Gasteiger partial charge < -0.3 is 10.6 Å². The van der Waals surface area contributed by atoms with Crippen LogP contribution in [0.4, 0.5) is 35.0 Å². The Morgan fingerprint density at radius 1 is 0.867 bits per heavy atom. The smallest absolute Gasteiger partial charge is 0.308 e. The third kappa shape index (κ3) is 5.51. The number of hydrogen-bond donors (Lipinski definition) is 2. The number of rotatable bonds is 5. The van der Waals surface area contributed by atoms with E-state index >= 15 is 0 Å². The Morgan fingerprint density at radius 3 is 2.00 bits per heavy atom. The van der Waals surface area contributed by atoms with Gasteiger partial charge in [-0.25, -0.2) is 4.79 Å². The zero-order chi connectivity index (χ0) is 21.7.